The number of aromatic nitrogens is 2. The Hall–Kier alpha value is -0.870. The molecule has 1 aromatic heterocycles. The summed E-state index contributed by atoms with van der Waals surface area (Å²) < 4.78 is 1.70. The number of Topliss-reactive ketones (excluding diaryl/α,β-unsaturated/α-hetero) is 1. The molecule has 2 heterocycles. The van der Waals surface area contributed by atoms with Crippen molar-refractivity contribution in [1.29, 1.82) is 0 Å². The maximum atomic E-state index is 12.9. The number of piperidine rings is 1. The van der Waals surface area contributed by atoms with Gasteiger partial charge in [0.15, 0.2) is 5.78 Å². The van der Waals surface area contributed by atoms with Crippen LogP contribution in [0.3, 0.4) is 0 Å². The van der Waals surface area contributed by atoms with Crippen LogP contribution in [0.1, 0.15) is 44.1 Å². The molecule has 4 nitrogen and oxygen atoms in total. The second kappa shape index (κ2) is 5.63. The SMILES string of the molecule is CCn1ncc(Cl)c1C(=O)C(C)(C)C1CCCNC1. The number of aryl methyl sites for hydroxylation is 1. The quantitative estimate of drug-likeness (QED) is 0.865. The van der Waals surface area contributed by atoms with E-state index in [-0.39, 0.29) is 5.78 Å². The van der Waals surface area contributed by atoms with Crippen molar-refractivity contribution in [3.63, 3.8) is 0 Å². The molecule has 0 spiro atoms. The Morgan fingerprint density at radius 2 is 2.37 bits per heavy atom. The van der Waals surface area contributed by atoms with Gasteiger partial charge >= 0.3 is 0 Å². The first-order valence-electron chi connectivity index (χ1n) is 6.95. The number of carbonyl (C=O) groups is 1. The highest BCUT2D eigenvalue weighted by Crippen LogP contribution is 2.36. The van der Waals surface area contributed by atoms with Gasteiger partial charge < -0.3 is 5.32 Å². The maximum Gasteiger partial charge on any atom is 0.188 e. The van der Waals surface area contributed by atoms with E-state index in [2.05, 4.69) is 10.4 Å². The molecule has 0 amide bonds. The second-order valence-corrected chi connectivity index (χ2v) is 6.16. The zero-order valence-corrected chi connectivity index (χ0v) is 12.6. The molecule has 1 N–H and O–H groups in total. The van der Waals surface area contributed by atoms with E-state index >= 15 is 0 Å². The van der Waals surface area contributed by atoms with Gasteiger partial charge in [-0.2, -0.15) is 5.10 Å². The van der Waals surface area contributed by atoms with Crippen LogP contribution < -0.4 is 5.32 Å². The molecule has 0 bridgehead atoms. The van der Waals surface area contributed by atoms with Gasteiger partial charge in [0.2, 0.25) is 0 Å². The Morgan fingerprint density at radius 3 is 2.95 bits per heavy atom. The lowest BCUT2D eigenvalue weighted by molar-refractivity contribution is 0.0696. The molecule has 1 atom stereocenters. The standard InChI is InChI=1S/C14H22ClN3O/c1-4-18-12(11(15)9-17-18)13(19)14(2,3)10-6-5-7-16-8-10/h9-10,16H,4-8H2,1-3H3. The number of hydrogen-bond donors (Lipinski definition) is 1. The van der Waals surface area contributed by atoms with Crippen molar-refractivity contribution in [2.75, 3.05) is 13.1 Å². The third kappa shape index (κ3) is 2.70. The topological polar surface area (TPSA) is 46.9 Å². The normalized spacial score (nSPS) is 20.5. The molecule has 1 fully saturated rings. The summed E-state index contributed by atoms with van der Waals surface area (Å²) >= 11 is 6.14. The second-order valence-electron chi connectivity index (χ2n) is 5.75. The summed E-state index contributed by atoms with van der Waals surface area (Å²) in [5, 5.41) is 8.00. The van der Waals surface area contributed by atoms with Crippen LogP contribution in [0.25, 0.3) is 0 Å². The predicted molar refractivity (Wildman–Crippen MR) is 76.6 cm³/mol. The fourth-order valence-electron chi connectivity index (χ4n) is 2.79. The monoisotopic (exact) mass is 283 g/mol. The van der Waals surface area contributed by atoms with Crippen LogP contribution in [0.4, 0.5) is 0 Å². The van der Waals surface area contributed by atoms with Gasteiger partial charge in [0.25, 0.3) is 0 Å². The molecule has 5 heteroatoms. The summed E-state index contributed by atoms with van der Waals surface area (Å²) in [6.07, 6.45) is 3.78. The highest BCUT2D eigenvalue weighted by molar-refractivity contribution is 6.33. The summed E-state index contributed by atoms with van der Waals surface area (Å²) in [5.74, 6) is 0.454. The van der Waals surface area contributed by atoms with Crippen molar-refractivity contribution in [2.24, 2.45) is 11.3 Å². The van der Waals surface area contributed by atoms with Gasteiger partial charge in [-0.05, 0) is 38.8 Å². The predicted octanol–water partition coefficient (Wildman–Crippen LogP) is 2.76. The van der Waals surface area contributed by atoms with E-state index in [4.69, 9.17) is 11.6 Å². The van der Waals surface area contributed by atoms with Crippen molar-refractivity contribution < 1.29 is 4.79 Å². The largest absolute Gasteiger partial charge is 0.316 e. The van der Waals surface area contributed by atoms with E-state index in [9.17, 15) is 4.79 Å². The average Bonchev–Trinajstić information content (AvgIpc) is 2.79. The molecule has 1 saturated heterocycles. The lowest BCUT2D eigenvalue weighted by atomic mass is 9.71. The van der Waals surface area contributed by atoms with Gasteiger partial charge in [0.1, 0.15) is 5.69 Å². The molecule has 2 rings (SSSR count). The maximum absolute atomic E-state index is 12.9. The molecule has 0 saturated carbocycles. The van der Waals surface area contributed by atoms with E-state index in [0.29, 0.717) is 23.2 Å². The molecule has 106 valence electrons. The first-order valence-corrected chi connectivity index (χ1v) is 7.33. The van der Waals surface area contributed by atoms with Crippen LogP contribution in [0.15, 0.2) is 6.20 Å². The van der Waals surface area contributed by atoms with Crippen molar-refractivity contribution in [3.8, 4) is 0 Å². The van der Waals surface area contributed by atoms with Gasteiger partial charge in [-0.1, -0.05) is 25.4 Å². The summed E-state index contributed by atoms with van der Waals surface area (Å²) in [6.45, 7) is 8.62. The lowest BCUT2D eigenvalue weighted by Gasteiger charge is -2.36. The molecule has 1 aliphatic heterocycles. The minimum atomic E-state index is -0.413. The van der Waals surface area contributed by atoms with Gasteiger partial charge in [0, 0.05) is 12.0 Å². The molecule has 0 aliphatic carbocycles. The fraction of sp³-hybridized carbons (Fsp3) is 0.714. The first-order chi connectivity index (χ1) is 8.98. The average molecular weight is 284 g/mol. The number of carbonyl (C=O) groups excluding carboxylic acids is 1. The smallest absolute Gasteiger partial charge is 0.188 e. The van der Waals surface area contributed by atoms with Crippen molar-refractivity contribution in [2.45, 2.75) is 40.2 Å². The number of hydrogen-bond acceptors (Lipinski definition) is 3. The Kier molecular flexibility index (Phi) is 4.31. The van der Waals surface area contributed by atoms with E-state index < -0.39 is 5.41 Å². The van der Waals surface area contributed by atoms with Gasteiger partial charge in [0.05, 0.1) is 11.2 Å². The summed E-state index contributed by atoms with van der Waals surface area (Å²) in [7, 11) is 0. The molecule has 1 aromatic rings. The Morgan fingerprint density at radius 1 is 1.63 bits per heavy atom. The highest BCUT2D eigenvalue weighted by Gasteiger charge is 2.39. The molecule has 1 aliphatic rings. The van der Waals surface area contributed by atoms with E-state index in [1.54, 1.807) is 10.9 Å². The van der Waals surface area contributed by atoms with Crippen molar-refractivity contribution in [3.05, 3.63) is 16.9 Å². The minimum Gasteiger partial charge on any atom is -0.316 e. The first kappa shape index (κ1) is 14.5. The summed E-state index contributed by atoms with van der Waals surface area (Å²) in [4.78, 5) is 12.9. The number of halogens is 1. The third-order valence-electron chi connectivity index (χ3n) is 4.21. The molecule has 0 radical (unpaired) electrons. The van der Waals surface area contributed by atoms with Gasteiger partial charge in [-0.3, -0.25) is 9.48 Å². The Bertz CT molecular complexity index is 461. The number of nitrogens with zero attached hydrogens (tertiary/aromatic N) is 2. The van der Waals surface area contributed by atoms with Crippen LogP contribution in [-0.4, -0.2) is 28.7 Å². The van der Waals surface area contributed by atoms with E-state index in [1.807, 2.05) is 20.8 Å². The fourth-order valence-corrected chi connectivity index (χ4v) is 3.01. The van der Waals surface area contributed by atoms with E-state index in [1.165, 1.54) is 0 Å². The van der Waals surface area contributed by atoms with Crippen LogP contribution in [0.5, 0.6) is 0 Å². The summed E-state index contributed by atoms with van der Waals surface area (Å²) in [6, 6.07) is 0. The van der Waals surface area contributed by atoms with Crippen LogP contribution in [0, 0.1) is 11.3 Å². The minimum absolute atomic E-state index is 0.102. The zero-order chi connectivity index (χ0) is 14.0. The lowest BCUT2D eigenvalue weighted by Crippen LogP contribution is -2.43. The molecule has 19 heavy (non-hydrogen) atoms. The van der Waals surface area contributed by atoms with Crippen molar-refractivity contribution in [1.82, 2.24) is 15.1 Å². The van der Waals surface area contributed by atoms with Crippen LogP contribution in [0.2, 0.25) is 5.02 Å². The number of nitrogens with one attached hydrogen (secondary N) is 1. The Labute approximate surface area is 119 Å². The Balaban J connectivity index is 2.28. The highest BCUT2D eigenvalue weighted by atomic mass is 35.5. The molecular weight excluding hydrogens is 262 g/mol. The molecular formula is C14H22ClN3O. The number of ketones is 1. The third-order valence-corrected chi connectivity index (χ3v) is 4.49. The van der Waals surface area contributed by atoms with Crippen LogP contribution >= 0.6 is 11.6 Å². The van der Waals surface area contributed by atoms with Gasteiger partial charge in [-0.25, -0.2) is 0 Å². The molecule has 0 aromatic carbocycles. The summed E-state index contributed by atoms with van der Waals surface area (Å²) in [5.41, 5.74) is 0.143. The van der Waals surface area contributed by atoms with E-state index in [0.717, 1.165) is 25.9 Å². The van der Waals surface area contributed by atoms with Gasteiger partial charge in [-0.15, -0.1) is 0 Å². The zero-order valence-electron chi connectivity index (χ0n) is 11.9. The molecule has 1 unspecified atom stereocenters. The van der Waals surface area contributed by atoms with Crippen LogP contribution in [-0.2, 0) is 6.54 Å². The number of rotatable bonds is 4. The van der Waals surface area contributed by atoms with Crippen molar-refractivity contribution >= 4 is 17.4 Å².